The van der Waals surface area contributed by atoms with E-state index in [0.717, 1.165) is 56.1 Å². The molecule has 0 bridgehead atoms. The lowest BCUT2D eigenvalue weighted by atomic mass is 9.83. The molecule has 3 aliphatic rings. The molecule has 24 heavy (non-hydrogen) atoms. The van der Waals surface area contributed by atoms with Gasteiger partial charge in [0.2, 0.25) is 5.95 Å². The van der Waals surface area contributed by atoms with Gasteiger partial charge in [-0.2, -0.15) is 4.98 Å². The van der Waals surface area contributed by atoms with Gasteiger partial charge in [-0.1, -0.05) is 0 Å². The number of hydrogen-bond acceptors (Lipinski definition) is 7. The molecule has 2 saturated heterocycles. The van der Waals surface area contributed by atoms with Crippen molar-refractivity contribution in [3.05, 3.63) is 11.3 Å². The molecule has 3 fully saturated rings. The number of anilines is 2. The van der Waals surface area contributed by atoms with E-state index < -0.39 is 0 Å². The van der Waals surface area contributed by atoms with Crippen LogP contribution in [0.4, 0.5) is 11.8 Å². The molecule has 4 N–H and O–H groups in total. The number of hydrazine groups is 1. The molecule has 2 aliphatic heterocycles. The van der Waals surface area contributed by atoms with Gasteiger partial charge in [0.25, 0.3) is 0 Å². The third-order valence-corrected chi connectivity index (χ3v) is 5.75. The summed E-state index contributed by atoms with van der Waals surface area (Å²) in [4.78, 5) is 11.9. The molecule has 1 aromatic heterocycles. The van der Waals surface area contributed by atoms with Gasteiger partial charge in [-0.25, -0.2) is 4.98 Å². The highest BCUT2D eigenvalue weighted by Gasteiger charge is 2.34. The second-order valence-corrected chi connectivity index (χ2v) is 7.37. The second-order valence-electron chi connectivity index (χ2n) is 7.37. The van der Waals surface area contributed by atoms with Crippen LogP contribution in [-0.4, -0.2) is 54.8 Å². The van der Waals surface area contributed by atoms with Crippen LogP contribution >= 0.6 is 0 Å². The lowest BCUT2D eigenvalue weighted by Gasteiger charge is -2.32. The maximum atomic E-state index is 4.88. The predicted molar refractivity (Wildman–Crippen MR) is 96.3 cm³/mol. The minimum atomic E-state index is 0.511. The van der Waals surface area contributed by atoms with E-state index in [0.29, 0.717) is 12.1 Å². The Morgan fingerprint density at radius 2 is 1.96 bits per heavy atom. The Morgan fingerprint density at radius 1 is 1.12 bits per heavy atom. The van der Waals surface area contributed by atoms with E-state index in [9.17, 15) is 0 Å². The Balaban J connectivity index is 1.50. The topological polar surface area (TPSA) is 77.1 Å². The third kappa shape index (κ3) is 3.20. The molecule has 0 radical (unpaired) electrons. The van der Waals surface area contributed by atoms with Crippen molar-refractivity contribution in [2.45, 2.75) is 45.2 Å². The number of aromatic nitrogens is 2. The summed E-state index contributed by atoms with van der Waals surface area (Å²) in [6.45, 7) is 9.27. The summed E-state index contributed by atoms with van der Waals surface area (Å²) in [5.41, 5.74) is 8.97. The van der Waals surface area contributed by atoms with Crippen LogP contribution in [-0.2, 0) is 0 Å². The number of aryl methyl sites for hydroxylation is 1. The number of nitrogens with one attached hydrogen (secondary N) is 4. The molecule has 1 saturated carbocycles. The van der Waals surface area contributed by atoms with Gasteiger partial charge in [0.05, 0.1) is 0 Å². The summed E-state index contributed by atoms with van der Waals surface area (Å²) in [6, 6.07) is 1.16. The van der Waals surface area contributed by atoms with Gasteiger partial charge in [-0.15, -0.1) is 0 Å². The van der Waals surface area contributed by atoms with Crippen LogP contribution < -0.4 is 26.4 Å². The second kappa shape index (κ2) is 6.82. The first-order valence-corrected chi connectivity index (χ1v) is 9.26. The fourth-order valence-corrected chi connectivity index (χ4v) is 4.09. The maximum Gasteiger partial charge on any atom is 0.227 e. The summed E-state index contributed by atoms with van der Waals surface area (Å²) >= 11 is 0. The van der Waals surface area contributed by atoms with Crippen molar-refractivity contribution >= 4 is 11.8 Å². The molecule has 7 heteroatoms. The summed E-state index contributed by atoms with van der Waals surface area (Å²) in [6.07, 6.45) is 3.63. The van der Waals surface area contributed by atoms with Crippen molar-refractivity contribution in [3.63, 3.8) is 0 Å². The molecule has 1 aromatic rings. The number of fused-ring (bicyclic) bond motifs is 1. The highest BCUT2D eigenvalue weighted by molar-refractivity contribution is 5.51. The van der Waals surface area contributed by atoms with Crippen molar-refractivity contribution < 1.29 is 0 Å². The fraction of sp³-hybridized carbons (Fsp3) is 0.765. The van der Waals surface area contributed by atoms with Gasteiger partial charge in [0.15, 0.2) is 0 Å². The summed E-state index contributed by atoms with van der Waals surface area (Å²) in [5.74, 6) is 2.63. The first kappa shape index (κ1) is 16.1. The standard InChI is InChI=1S/C17H29N7/c1-11-12(2)20-17(24-7-5-18-6-8-24)22-16(11)21-14-3-4-15-13(9-14)10-19-23-15/h13-15,18-19,23H,3-10H2,1-2H3,(H,20,21,22). The van der Waals surface area contributed by atoms with Gasteiger partial charge < -0.3 is 15.5 Å². The molecule has 1 aliphatic carbocycles. The maximum absolute atomic E-state index is 4.88. The molecule has 132 valence electrons. The van der Waals surface area contributed by atoms with E-state index in [1.54, 1.807) is 0 Å². The smallest absolute Gasteiger partial charge is 0.227 e. The van der Waals surface area contributed by atoms with E-state index in [-0.39, 0.29) is 0 Å². The fourth-order valence-electron chi connectivity index (χ4n) is 4.09. The van der Waals surface area contributed by atoms with E-state index in [1.807, 2.05) is 0 Å². The molecule has 4 rings (SSSR count). The van der Waals surface area contributed by atoms with E-state index >= 15 is 0 Å². The monoisotopic (exact) mass is 331 g/mol. The van der Waals surface area contributed by atoms with Crippen LogP contribution in [0, 0.1) is 19.8 Å². The Labute approximate surface area is 144 Å². The van der Waals surface area contributed by atoms with Gasteiger partial charge in [-0.3, -0.25) is 10.9 Å². The normalized spacial score (nSPS) is 30.2. The molecule has 3 heterocycles. The van der Waals surface area contributed by atoms with Crippen LogP contribution in [0.25, 0.3) is 0 Å². The zero-order valence-electron chi connectivity index (χ0n) is 14.7. The van der Waals surface area contributed by atoms with Crippen LogP contribution in [0.3, 0.4) is 0 Å². The lowest BCUT2D eigenvalue weighted by molar-refractivity contribution is 0.314. The van der Waals surface area contributed by atoms with Crippen molar-refractivity contribution in [1.29, 1.82) is 0 Å². The van der Waals surface area contributed by atoms with E-state index in [4.69, 9.17) is 9.97 Å². The summed E-state index contributed by atoms with van der Waals surface area (Å²) in [5, 5.41) is 7.12. The highest BCUT2D eigenvalue weighted by Crippen LogP contribution is 2.30. The minimum absolute atomic E-state index is 0.511. The van der Waals surface area contributed by atoms with Crippen molar-refractivity contribution in [2.24, 2.45) is 5.92 Å². The first-order chi connectivity index (χ1) is 11.7. The van der Waals surface area contributed by atoms with Crippen molar-refractivity contribution in [3.8, 4) is 0 Å². The molecule has 0 spiro atoms. The average molecular weight is 331 g/mol. The predicted octanol–water partition coefficient (Wildman–Crippen LogP) is 0.560. The van der Waals surface area contributed by atoms with Crippen LogP contribution in [0.15, 0.2) is 0 Å². The largest absolute Gasteiger partial charge is 0.367 e. The van der Waals surface area contributed by atoms with Gasteiger partial charge >= 0.3 is 0 Å². The highest BCUT2D eigenvalue weighted by atomic mass is 15.4. The minimum Gasteiger partial charge on any atom is -0.367 e. The molecular formula is C17H29N7. The first-order valence-electron chi connectivity index (χ1n) is 9.26. The summed E-state index contributed by atoms with van der Waals surface area (Å²) < 4.78 is 0. The van der Waals surface area contributed by atoms with Crippen molar-refractivity contribution in [1.82, 2.24) is 26.1 Å². The molecule has 3 unspecified atom stereocenters. The number of nitrogens with zero attached hydrogens (tertiary/aromatic N) is 3. The number of hydrogen-bond donors (Lipinski definition) is 4. The van der Waals surface area contributed by atoms with Crippen LogP contribution in [0.5, 0.6) is 0 Å². The number of piperazine rings is 1. The number of rotatable bonds is 3. The molecule has 0 amide bonds. The molecule has 0 aromatic carbocycles. The van der Waals surface area contributed by atoms with Gasteiger partial charge in [0, 0.05) is 56.1 Å². The Morgan fingerprint density at radius 3 is 2.79 bits per heavy atom. The average Bonchev–Trinajstić information content (AvgIpc) is 3.07. The van der Waals surface area contributed by atoms with Gasteiger partial charge in [0.1, 0.15) is 5.82 Å². The van der Waals surface area contributed by atoms with Crippen LogP contribution in [0.2, 0.25) is 0 Å². The third-order valence-electron chi connectivity index (χ3n) is 5.75. The van der Waals surface area contributed by atoms with E-state index in [1.165, 1.54) is 24.8 Å². The molecular weight excluding hydrogens is 302 g/mol. The quantitative estimate of drug-likeness (QED) is 0.645. The lowest BCUT2D eigenvalue weighted by Crippen LogP contribution is -2.44. The van der Waals surface area contributed by atoms with E-state index in [2.05, 4.69) is 40.2 Å². The van der Waals surface area contributed by atoms with Crippen LogP contribution in [0.1, 0.15) is 30.5 Å². The summed E-state index contributed by atoms with van der Waals surface area (Å²) in [7, 11) is 0. The SMILES string of the molecule is Cc1nc(N2CCNCC2)nc(NC2CCC3NNCC3C2)c1C. The zero-order valence-corrected chi connectivity index (χ0v) is 14.7. The molecule has 7 nitrogen and oxygen atoms in total. The molecule has 3 atom stereocenters. The Hall–Kier alpha value is -1.44. The Kier molecular flexibility index (Phi) is 4.56. The zero-order chi connectivity index (χ0) is 16.5. The van der Waals surface area contributed by atoms with Gasteiger partial charge in [-0.05, 0) is 39.0 Å². The Bertz CT molecular complexity index is 585. The van der Waals surface area contributed by atoms with Crippen molar-refractivity contribution in [2.75, 3.05) is 42.9 Å².